The molecule has 1 N–H and O–H groups in total. The van der Waals surface area contributed by atoms with Crippen molar-refractivity contribution < 1.29 is 19.1 Å². The number of hydrogen-bond acceptors (Lipinski definition) is 4. The van der Waals surface area contributed by atoms with Crippen molar-refractivity contribution >= 4 is 11.9 Å². The second kappa shape index (κ2) is 9.18. The summed E-state index contributed by atoms with van der Waals surface area (Å²) in [6.07, 6.45) is 0.969. The predicted molar refractivity (Wildman–Crippen MR) is 89.4 cm³/mol. The van der Waals surface area contributed by atoms with Gasteiger partial charge in [0.2, 0.25) is 5.91 Å². The highest BCUT2D eigenvalue weighted by Crippen LogP contribution is 2.20. The summed E-state index contributed by atoms with van der Waals surface area (Å²) in [5, 5.41) is 2.74. The molecule has 1 aromatic carbocycles. The molecule has 2 atom stereocenters. The fourth-order valence-corrected chi connectivity index (χ4v) is 2.18. The lowest BCUT2D eigenvalue weighted by atomic mass is 9.99. The number of carbonyl (C=O) groups excluding carboxylic acids is 2. The van der Waals surface area contributed by atoms with Crippen molar-refractivity contribution in [1.82, 2.24) is 5.32 Å². The van der Waals surface area contributed by atoms with Crippen molar-refractivity contribution in [2.75, 3.05) is 13.7 Å². The van der Waals surface area contributed by atoms with Gasteiger partial charge >= 0.3 is 5.97 Å². The molecule has 5 heteroatoms. The molecule has 1 aromatic rings. The quantitative estimate of drug-likeness (QED) is 0.748. The number of nitrogens with one attached hydrogen (secondary N) is 1. The summed E-state index contributed by atoms with van der Waals surface area (Å²) in [5.41, 5.74) is 2.22. The molecule has 0 aliphatic carbocycles. The molecule has 1 amide bonds. The zero-order valence-corrected chi connectivity index (χ0v) is 14.6. The molecule has 0 saturated heterocycles. The minimum absolute atomic E-state index is 0.0198. The van der Waals surface area contributed by atoms with Crippen molar-refractivity contribution in [1.29, 1.82) is 0 Å². The fourth-order valence-electron chi connectivity index (χ4n) is 2.18. The molecule has 1 rings (SSSR count). The highest BCUT2D eigenvalue weighted by atomic mass is 16.5. The molecular formula is C18H27NO4. The van der Waals surface area contributed by atoms with Crippen molar-refractivity contribution in [3.8, 4) is 5.75 Å². The zero-order chi connectivity index (χ0) is 17.4. The summed E-state index contributed by atoms with van der Waals surface area (Å²) in [4.78, 5) is 23.8. The number of hydrogen-bond donors (Lipinski definition) is 1. The molecule has 0 radical (unpaired) electrons. The van der Waals surface area contributed by atoms with E-state index in [4.69, 9.17) is 9.47 Å². The number of esters is 1. The third-order valence-electron chi connectivity index (χ3n) is 4.13. The van der Waals surface area contributed by atoms with Gasteiger partial charge in [-0.3, -0.25) is 4.79 Å². The van der Waals surface area contributed by atoms with E-state index in [2.05, 4.69) is 5.32 Å². The van der Waals surface area contributed by atoms with Crippen LogP contribution in [0.3, 0.4) is 0 Å². The Morgan fingerprint density at radius 2 is 1.96 bits per heavy atom. The second-order valence-electron chi connectivity index (χ2n) is 5.75. The van der Waals surface area contributed by atoms with Gasteiger partial charge in [-0.2, -0.15) is 0 Å². The lowest BCUT2D eigenvalue weighted by Gasteiger charge is -2.21. The first-order valence-electron chi connectivity index (χ1n) is 7.96. The summed E-state index contributed by atoms with van der Waals surface area (Å²) in [7, 11) is 1.33. The average Bonchev–Trinajstić information content (AvgIpc) is 2.55. The van der Waals surface area contributed by atoms with Crippen LogP contribution in [0.25, 0.3) is 0 Å². The summed E-state index contributed by atoms with van der Waals surface area (Å²) in [6, 6.07) is 5.21. The molecule has 5 nitrogen and oxygen atoms in total. The molecule has 23 heavy (non-hydrogen) atoms. The molecule has 0 aromatic heterocycles. The Bertz CT molecular complexity index is 542. The molecular weight excluding hydrogens is 294 g/mol. The van der Waals surface area contributed by atoms with E-state index >= 15 is 0 Å². The largest absolute Gasteiger partial charge is 0.493 e. The number of ether oxygens (including phenoxy) is 2. The van der Waals surface area contributed by atoms with Gasteiger partial charge in [-0.05, 0) is 37.0 Å². The Morgan fingerprint density at radius 3 is 2.57 bits per heavy atom. The lowest BCUT2D eigenvalue weighted by molar-refractivity contribution is -0.146. The summed E-state index contributed by atoms with van der Waals surface area (Å²) in [6.45, 7) is 8.15. The maximum absolute atomic E-state index is 12.0. The minimum Gasteiger partial charge on any atom is -0.493 e. The van der Waals surface area contributed by atoms with Crippen molar-refractivity contribution in [2.24, 2.45) is 5.92 Å². The Balaban J connectivity index is 2.52. The van der Waals surface area contributed by atoms with Crippen LogP contribution in [0.2, 0.25) is 0 Å². The van der Waals surface area contributed by atoms with Crippen molar-refractivity contribution in [2.45, 2.75) is 46.6 Å². The number of methoxy groups -OCH3 is 1. The average molecular weight is 321 g/mol. The Hall–Kier alpha value is -2.04. The first-order valence-corrected chi connectivity index (χ1v) is 7.96. The van der Waals surface area contributed by atoms with Crippen LogP contribution in [0.15, 0.2) is 18.2 Å². The maximum atomic E-state index is 12.0. The van der Waals surface area contributed by atoms with Crippen LogP contribution in [-0.2, 0) is 14.3 Å². The highest BCUT2D eigenvalue weighted by molar-refractivity contribution is 5.84. The van der Waals surface area contributed by atoms with Gasteiger partial charge in [0.1, 0.15) is 11.8 Å². The third-order valence-corrected chi connectivity index (χ3v) is 4.13. The molecule has 0 aliphatic rings. The van der Waals surface area contributed by atoms with E-state index < -0.39 is 12.0 Å². The topological polar surface area (TPSA) is 64.6 Å². The highest BCUT2D eigenvalue weighted by Gasteiger charge is 2.26. The number of aryl methyl sites for hydroxylation is 1. The normalized spacial score (nSPS) is 13.1. The molecule has 0 bridgehead atoms. The van der Waals surface area contributed by atoms with Crippen molar-refractivity contribution in [3.05, 3.63) is 29.3 Å². The van der Waals surface area contributed by atoms with E-state index in [0.29, 0.717) is 0 Å². The standard InChI is InChI=1S/C18H27NO4/c1-6-12(2)17(18(21)22-5)19-16(20)10-11-23-15-9-7-8-13(3)14(15)4/h7-9,12,17H,6,10-11H2,1-5H3,(H,19,20). The van der Waals surface area contributed by atoms with Crippen LogP contribution >= 0.6 is 0 Å². The summed E-state index contributed by atoms with van der Waals surface area (Å²) >= 11 is 0. The van der Waals surface area contributed by atoms with Gasteiger partial charge in [0.25, 0.3) is 0 Å². The SMILES string of the molecule is CCC(C)C(NC(=O)CCOc1cccc(C)c1C)C(=O)OC. The van der Waals surface area contributed by atoms with Crippen LogP contribution in [-0.4, -0.2) is 31.6 Å². The minimum atomic E-state index is -0.613. The van der Waals surface area contributed by atoms with E-state index in [0.717, 1.165) is 23.3 Å². The monoisotopic (exact) mass is 321 g/mol. The van der Waals surface area contributed by atoms with Gasteiger partial charge in [-0.15, -0.1) is 0 Å². The van der Waals surface area contributed by atoms with Gasteiger partial charge in [-0.25, -0.2) is 4.79 Å². The van der Waals surface area contributed by atoms with Crippen LogP contribution in [0.1, 0.15) is 37.8 Å². The maximum Gasteiger partial charge on any atom is 0.328 e. The Kier molecular flexibility index (Phi) is 7.59. The van der Waals surface area contributed by atoms with Crippen LogP contribution in [0.4, 0.5) is 0 Å². The van der Waals surface area contributed by atoms with Gasteiger partial charge in [-0.1, -0.05) is 32.4 Å². The van der Waals surface area contributed by atoms with Gasteiger partial charge in [0.05, 0.1) is 20.1 Å². The van der Waals surface area contributed by atoms with Gasteiger partial charge in [0, 0.05) is 0 Å². The number of amides is 1. The molecule has 0 spiro atoms. The first kappa shape index (κ1) is 19.0. The zero-order valence-electron chi connectivity index (χ0n) is 14.6. The molecule has 0 saturated carbocycles. The van der Waals surface area contributed by atoms with Crippen molar-refractivity contribution in [3.63, 3.8) is 0 Å². The molecule has 0 aliphatic heterocycles. The van der Waals surface area contributed by atoms with E-state index in [1.807, 2.05) is 45.9 Å². The second-order valence-corrected chi connectivity index (χ2v) is 5.75. The summed E-state index contributed by atoms with van der Waals surface area (Å²) < 4.78 is 10.4. The van der Waals surface area contributed by atoms with Crippen LogP contribution in [0.5, 0.6) is 5.75 Å². The third kappa shape index (κ3) is 5.58. The number of rotatable bonds is 8. The lowest BCUT2D eigenvalue weighted by Crippen LogP contribution is -2.46. The van der Waals surface area contributed by atoms with E-state index in [1.54, 1.807) is 0 Å². The van der Waals surface area contributed by atoms with E-state index in [9.17, 15) is 9.59 Å². The van der Waals surface area contributed by atoms with Crippen LogP contribution < -0.4 is 10.1 Å². The fraction of sp³-hybridized carbons (Fsp3) is 0.556. The van der Waals surface area contributed by atoms with E-state index in [1.165, 1.54) is 7.11 Å². The smallest absolute Gasteiger partial charge is 0.328 e. The number of benzene rings is 1. The van der Waals surface area contributed by atoms with Gasteiger partial charge in [0.15, 0.2) is 0 Å². The molecule has 2 unspecified atom stereocenters. The summed E-state index contributed by atoms with van der Waals surface area (Å²) in [5.74, 6) is 0.171. The molecule has 0 heterocycles. The number of carbonyl (C=O) groups is 2. The first-order chi connectivity index (χ1) is 10.9. The van der Waals surface area contributed by atoms with E-state index in [-0.39, 0.29) is 24.9 Å². The van der Waals surface area contributed by atoms with Crippen LogP contribution in [0, 0.1) is 19.8 Å². The molecule has 0 fully saturated rings. The van der Waals surface area contributed by atoms with Gasteiger partial charge < -0.3 is 14.8 Å². The molecule has 128 valence electrons. The Morgan fingerprint density at radius 1 is 1.26 bits per heavy atom. The Labute approximate surface area is 138 Å². The predicted octanol–water partition coefficient (Wildman–Crippen LogP) is 2.78.